The fourth-order valence-electron chi connectivity index (χ4n) is 2.40. The molecule has 0 saturated heterocycles. The molecular formula is C17H21NO2. The number of aryl methyl sites for hydroxylation is 2. The molecule has 0 aliphatic heterocycles. The van der Waals surface area contributed by atoms with Crippen LogP contribution in [-0.2, 0) is 0 Å². The molecule has 0 heterocycles. The van der Waals surface area contributed by atoms with Gasteiger partial charge in [-0.1, -0.05) is 29.8 Å². The first-order chi connectivity index (χ1) is 9.56. The van der Waals surface area contributed by atoms with E-state index in [9.17, 15) is 0 Å². The molecule has 0 bridgehead atoms. The topological polar surface area (TPSA) is 44.5 Å². The monoisotopic (exact) mass is 271 g/mol. The summed E-state index contributed by atoms with van der Waals surface area (Å²) in [6.45, 7) is 4.17. The molecule has 2 aromatic rings. The average molecular weight is 271 g/mol. The van der Waals surface area contributed by atoms with Crippen LogP contribution in [0, 0.1) is 13.8 Å². The Kier molecular flexibility index (Phi) is 4.30. The largest absolute Gasteiger partial charge is 0.493 e. The first-order valence-corrected chi connectivity index (χ1v) is 6.61. The van der Waals surface area contributed by atoms with Crippen LogP contribution in [0.1, 0.15) is 28.3 Å². The smallest absolute Gasteiger partial charge is 0.161 e. The highest BCUT2D eigenvalue weighted by Gasteiger charge is 2.14. The number of benzene rings is 2. The van der Waals surface area contributed by atoms with E-state index in [-0.39, 0.29) is 6.04 Å². The zero-order chi connectivity index (χ0) is 14.7. The van der Waals surface area contributed by atoms with Gasteiger partial charge in [0.05, 0.1) is 20.3 Å². The molecule has 0 saturated carbocycles. The van der Waals surface area contributed by atoms with Crippen LogP contribution in [0.15, 0.2) is 36.4 Å². The molecule has 0 aliphatic rings. The van der Waals surface area contributed by atoms with Crippen molar-refractivity contribution in [2.75, 3.05) is 14.2 Å². The van der Waals surface area contributed by atoms with E-state index in [0.717, 1.165) is 11.1 Å². The zero-order valence-electron chi connectivity index (χ0n) is 12.4. The number of hydrogen-bond acceptors (Lipinski definition) is 3. The molecule has 2 N–H and O–H groups in total. The van der Waals surface area contributed by atoms with Crippen molar-refractivity contribution in [2.24, 2.45) is 5.73 Å². The van der Waals surface area contributed by atoms with E-state index in [1.165, 1.54) is 11.1 Å². The second kappa shape index (κ2) is 5.97. The number of hydrogen-bond donors (Lipinski definition) is 1. The standard InChI is InChI=1S/C17H21NO2/c1-11-5-7-14(12(2)9-11)17(18)13-6-8-15(19-3)16(10-13)20-4/h5-10,17H,18H2,1-4H3. The Morgan fingerprint density at radius 2 is 1.60 bits per heavy atom. The molecule has 106 valence electrons. The van der Waals surface area contributed by atoms with Crippen molar-refractivity contribution in [3.8, 4) is 11.5 Å². The van der Waals surface area contributed by atoms with Gasteiger partial charge in [-0.05, 0) is 42.7 Å². The van der Waals surface area contributed by atoms with Gasteiger partial charge in [0.15, 0.2) is 11.5 Å². The molecule has 2 aromatic carbocycles. The molecule has 0 aromatic heterocycles. The molecule has 0 amide bonds. The van der Waals surface area contributed by atoms with Crippen LogP contribution in [-0.4, -0.2) is 14.2 Å². The van der Waals surface area contributed by atoms with Crippen LogP contribution < -0.4 is 15.2 Å². The predicted octanol–water partition coefficient (Wildman–Crippen LogP) is 3.37. The van der Waals surface area contributed by atoms with Gasteiger partial charge in [-0.15, -0.1) is 0 Å². The van der Waals surface area contributed by atoms with Gasteiger partial charge in [0.1, 0.15) is 0 Å². The quantitative estimate of drug-likeness (QED) is 0.927. The number of methoxy groups -OCH3 is 2. The Hall–Kier alpha value is -2.00. The SMILES string of the molecule is COc1ccc(C(N)c2ccc(C)cc2C)cc1OC. The van der Waals surface area contributed by atoms with Crippen LogP contribution in [0.3, 0.4) is 0 Å². The van der Waals surface area contributed by atoms with Gasteiger partial charge < -0.3 is 15.2 Å². The van der Waals surface area contributed by atoms with Crippen LogP contribution in [0.5, 0.6) is 11.5 Å². The van der Waals surface area contributed by atoms with Gasteiger partial charge in [0.25, 0.3) is 0 Å². The third-order valence-electron chi connectivity index (χ3n) is 3.53. The number of nitrogens with two attached hydrogens (primary N) is 1. The van der Waals surface area contributed by atoms with Crippen molar-refractivity contribution in [1.82, 2.24) is 0 Å². The van der Waals surface area contributed by atoms with E-state index >= 15 is 0 Å². The van der Waals surface area contributed by atoms with Crippen molar-refractivity contribution in [2.45, 2.75) is 19.9 Å². The molecule has 0 radical (unpaired) electrons. The molecule has 0 fully saturated rings. The average Bonchev–Trinajstić information content (AvgIpc) is 2.45. The minimum absolute atomic E-state index is 0.171. The Labute approximate surface area is 120 Å². The molecule has 3 nitrogen and oxygen atoms in total. The Morgan fingerprint density at radius 1 is 0.900 bits per heavy atom. The summed E-state index contributed by atoms with van der Waals surface area (Å²) in [7, 11) is 3.26. The maximum atomic E-state index is 6.39. The van der Waals surface area contributed by atoms with E-state index in [1.54, 1.807) is 14.2 Å². The lowest BCUT2D eigenvalue weighted by molar-refractivity contribution is 0.354. The summed E-state index contributed by atoms with van der Waals surface area (Å²) in [5.41, 5.74) is 11.0. The lowest BCUT2D eigenvalue weighted by Crippen LogP contribution is -2.13. The van der Waals surface area contributed by atoms with Crippen molar-refractivity contribution < 1.29 is 9.47 Å². The maximum Gasteiger partial charge on any atom is 0.161 e. The second-order valence-electron chi connectivity index (χ2n) is 4.95. The van der Waals surface area contributed by atoms with Crippen LogP contribution >= 0.6 is 0 Å². The van der Waals surface area contributed by atoms with Gasteiger partial charge in [-0.3, -0.25) is 0 Å². The normalized spacial score (nSPS) is 12.1. The Morgan fingerprint density at radius 3 is 2.20 bits per heavy atom. The van der Waals surface area contributed by atoms with Gasteiger partial charge in [0.2, 0.25) is 0 Å². The first-order valence-electron chi connectivity index (χ1n) is 6.61. The minimum Gasteiger partial charge on any atom is -0.493 e. The summed E-state index contributed by atoms with van der Waals surface area (Å²) in [6, 6.07) is 12.0. The molecule has 1 unspecified atom stereocenters. The highest BCUT2D eigenvalue weighted by atomic mass is 16.5. The lowest BCUT2D eigenvalue weighted by Gasteiger charge is -2.17. The zero-order valence-corrected chi connectivity index (χ0v) is 12.4. The van der Waals surface area contributed by atoms with E-state index in [0.29, 0.717) is 11.5 Å². The summed E-state index contributed by atoms with van der Waals surface area (Å²) in [6.07, 6.45) is 0. The predicted molar refractivity (Wildman–Crippen MR) is 81.5 cm³/mol. The Balaban J connectivity index is 2.40. The second-order valence-corrected chi connectivity index (χ2v) is 4.95. The van der Waals surface area contributed by atoms with Crippen LogP contribution in [0.25, 0.3) is 0 Å². The Bertz CT molecular complexity index is 608. The fraction of sp³-hybridized carbons (Fsp3) is 0.294. The maximum absolute atomic E-state index is 6.39. The summed E-state index contributed by atoms with van der Waals surface area (Å²) in [5.74, 6) is 1.41. The minimum atomic E-state index is -0.171. The summed E-state index contributed by atoms with van der Waals surface area (Å²) in [4.78, 5) is 0. The van der Waals surface area contributed by atoms with Gasteiger partial charge in [-0.25, -0.2) is 0 Å². The summed E-state index contributed by atoms with van der Waals surface area (Å²) < 4.78 is 10.6. The van der Waals surface area contributed by atoms with E-state index in [1.807, 2.05) is 18.2 Å². The van der Waals surface area contributed by atoms with E-state index in [4.69, 9.17) is 15.2 Å². The molecule has 3 heteroatoms. The van der Waals surface area contributed by atoms with Crippen molar-refractivity contribution in [3.63, 3.8) is 0 Å². The third-order valence-corrected chi connectivity index (χ3v) is 3.53. The molecule has 0 aliphatic carbocycles. The first kappa shape index (κ1) is 14.4. The highest BCUT2D eigenvalue weighted by Crippen LogP contribution is 2.32. The van der Waals surface area contributed by atoms with Crippen molar-refractivity contribution >= 4 is 0 Å². The van der Waals surface area contributed by atoms with Gasteiger partial charge >= 0.3 is 0 Å². The molecule has 2 rings (SSSR count). The molecule has 0 spiro atoms. The fourth-order valence-corrected chi connectivity index (χ4v) is 2.40. The van der Waals surface area contributed by atoms with Crippen molar-refractivity contribution in [3.05, 3.63) is 58.7 Å². The van der Waals surface area contributed by atoms with Crippen LogP contribution in [0.2, 0.25) is 0 Å². The highest BCUT2D eigenvalue weighted by molar-refractivity contribution is 5.47. The van der Waals surface area contributed by atoms with Crippen molar-refractivity contribution in [1.29, 1.82) is 0 Å². The third kappa shape index (κ3) is 2.78. The van der Waals surface area contributed by atoms with Crippen LogP contribution in [0.4, 0.5) is 0 Å². The molecular weight excluding hydrogens is 250 g/mol. The van der Waals surface area contributed by atoms with Gasteiger partial charge in [-0.2, -0.15) is 0 Å². The lowest BCUT2D eigenvalue weighted by atomic mass is 9.94. The van der Waals surface area contributed by atoms with E-state index in [2.05, 4.69) is 32.0 Å². The van der Waals surface area contributed by atoms with Gasteiger partial charge in [0, 0.05) is 0 Å². The number of ether oxygens (including phenoxy) is 2. The number of rotatable bonds is 4. The summed E-state index contributed by atoms with van der Waals surface area (Å²) in [5, 5.41) is 0. The van der Waals surface area contributed by atoms with E-state index < -0.39 is 0 Å². The molecule has 20 heavy (non-hydrogen) atoms. The molecule has 1 atom stereocenters. The summed E-state index contributed by atoms with van der Waals surface area (Å²) >= 11 is 0.